The van der Waals surface area contributed by atoms with Gasteiger partial charge in [-0.25, -0.2) is 0 Å². The fourth-order valence-corrected chi connectivity index (χ4v) is 0.677. The molecule has 0 aliphatic carbocycles. The fourth-order valence-electron chi connectivity index (χ4n) is 0.677. The van der Waals surface area contributed by atoms with Crippen LogP contribution in [0.2, 0.25) is 0 Å². The predicted octanol–water partition coefficient (Wildman–Crippen LogP) is 0.815. The van der Waals surface area contributed by atoms with Crippen molar-refractivity contribution in [1.29, 1.82) is 0 Å². The molecule has 2 heteroatoms. The average molecular weight is 110 g/mol. The van der Waals surface area contributed by atoms with Crippen molar-refractivity contribution in [2.45, 2.75) is 0 Å². The van der Waals surface area contributed by atoms with Gasteiger partial charge in [0.2, 0.25) is 0 Å². The molecule has 0 spiro atoms. The molecular weight excluding hydrogens is 104 g/mol. The van der Waals surface area contributed by atoms with Crippen LogP contribution in [-0.2, 0) is 9.47 Å². The van der Waals surface area contributed by atoms with E-state index in [1.807, 2.05) is 12.2 Å². The third kappa shape index (κ3) is 0.372. The van der Waals surface area contributed by atoms with Gasteiger partial charge in [0, 0.05) is 0 Å². The maximum Gasteiger partial charge on any atom is 0.160 e. The van der Waals surface area contributed by atoms with E-state index in [0.29, 0.717) is 0 Å². The van der Waals surface area contributed by atoms with E-state index in [1.54, 1.807) is 0 Å². The molecule has 0 unspecified atom stereocenters. The molecule has 0 fully saturated rings. The van der Waals surface area contributed by atoms with Crippen LogP contribution in [0.4, 0.5) is 0 Å². The summed E-state index contributed by atoms with van der Waals surface area (Å²) in [6.07, 6.45) is 4.01. The van der Waals surface area contributed by atoms with E-state index in [1.165, 1.54) is 0 Å². The first-order valence-electron chi connectivity index (χ1n) is 2.63. The zero-order chi connectivity index (χ0) is 5.40. The van der Waals surface area contributed by atoms with Crippen LogP contribution in [0.3, 0.4) is 0 Å². The molecule has 0 bridgehead atoms. The molecule has 8 heavy (non-hydrogen) atoms. The lowest BCUT2D eigenvalue weighted by Crippen LogP contribution is -2.15. The molecule has 0 radical (unpaired) electrons. The highest BCUT2D eigenvalue weighted by atomic mass is 16.5. The first-order chi connectivity index (χ1) is 3.97. The molecule has 0 N–H and O–H groups in total. The third-order valence-corrected chi connectivity index (χ3v) is 1.26. The van der Waals surface area contributed by atoms with Crippen LogP contribution in [-0.4, -0.2) is 13.2 Å². The van der Waals surface area contributed by atoms with E-state index >= 15 is 0 Å². The maximum atomic E-state index is 5.00. The minimum atomic E-state index is 0.746. The second-order valence-corrected chi connectivity index (χ2v) is 1.76. The molecule has 2 aliphatic rings. The Morgan fingerprint density at radius 2 is 1.38 bits per heavy atom. The summed E-state index contributed by atoms with van der Waals surface area (Å²) in [7, 11) is 0. The molecule has 0 atom stereocenters. The van der Waals surface area contributed by atoms with Crippen LogP contribution in [0, 0.1) is 0 Å². The van der Waals surface area contributed by atoms with Crippen molar-refractivity contribution < 1.29 is 9.47 Å². The van der Waals surface area contributed by atoms with Gasteiger partial charge in [0.15, 0.2) is 11.5 Å². The second kappa shape index (κ2) is 1.28. The summed E-state index contributed by atoms with van der Waals surface area (Å²) in [5.74, 6) is 1.83. The molecule has 0 aromatic carbocycles. The summed E-state index contributed by atoms with van der Waals surface area (Å²) in [5.41, 5.74) is 0. The predicted molar refractivity (Wildman–Crippen MR) is 28.1 cm³/mol. The van der Waals surface area contributed by atoms with Crippen molar-refractivity contribution in [1.82, 2.24) is 0 Å². The zero-order valence-corrected chi connectivity index (χ0v) is 4.39. The van der Waals surface area contributed by atoms with Crippen molar-refractivity contribution >= 4 is 0 Å². The third-order valence-electron chi connectivity index (χ3n) is 1.26. The summed E-state index contributed by atoms with van der Waals surface area (Å²) >= 11 is 0. The van der Waals surface area contributed by atoms with Crippen molar-refractivity contribution in [3.05, 3.63) is 23.7 Å². The Bertz CT molecular complexity index is 147. The molecule has 2 aliphatic heterocycles. The number of hydrogen-bond acceptors (Lipinski definition) is 2. The highest BCUT2D eigenvalue weighted by molar-refractivity contribution is 5.28. The van der Waals surface area contributed by atoms with Gasteiger partial charge in [-0.2, -0.15) is 0 Å². The van der Waals surface area contributed by atoms with Gasteiger partial charge in [0.25, 0.3) is 0 Å². The molecule has 0 aromatic rings. The van der Waals surface area contributed by atoms with E-state index in [2.05, 4.69) is 0 Å². The fraction of sp³-hybridized carbons (Fsp3) is 0.333. The Morgan fingerprint density at radius 1 is 1.00 bits per heavy atom. The Kier molecular flexibility index (Phi) is 0.640. The highest BCUT2D eigenvalue weighted by Gasteiger charge is 2.17. The van der Waals surface area contributed by atoms with Crippen molar-refractivity contribution in [2.24, 2.45) is 0 Å². The van der Waals surface area contributed by atoms with Crippen molar-refractivity contribution in [2.75, 3.05) is 13.2 Å². The van der Waals surface area contributed by atoms with Gasteiger partial charge < -0.3 is 9.47 Å². The average Bonchev–Trinajstić information content (AvgIpc) is 1.47. The summed E-state index contributed by atoms with van der Waals surface area (Å²) < 4.78 is 10.0. The molecule has 42 valence electrons. The first kappa shape index (κ1) is 4.01. The number of rotatable bonds is 1. The lowest BCUT2D eigenvalue weighted by atomic mass is 10.2. The maximum absolute atomic E-state index is 5.00. The normalized spacial score (nSPS) is 23.0. The van der Waals surface area contributed by atoms with Crippen molar-refractivity contribution in [3.63, 3.8) is 0 Å². The molecule has 0 amide bonds. The largest absolute Gasteiger partial charge is 0.486 e. The van der Waals surface area contributed by atoms with E-state index in [4.69, 9.17) is 9.47 Å². The number of hydrogen-bond donors (Lipinski definition) is 0. The topological polar surface area (TPSA) is 18.5 Å². The van der Waals surface area contributed by atoms with Gasteiger partial charge in [-0.15, -0.1) is 0 Å². The Morgan fingerprint density at radius 3 is 1.50 bits per heavy atom. The van der Waals surface area contributed by atoms with Gasteiger partial charge in [0.05, 0.1) is 0 Å². The lowest BCUT2D eigenvalue weighted by molar-refractivity contribution is 0.124. The second-order valence-electron chi connectivity index (χ2n) is 1.76. The molecule has 0 saturated heterocycles. The summed E-state index contributed by atoms with van der Waals surface area (Å²) in [4.78, 5) is 0. The molecule has 0 saturated carbocycles. The van der Waals surface area contributed by atoms with Gasteiger partial charge in [-0.1, -0.05) is 0 Å². The van der Waals surface area contributed by atoms with E-state index in [9.17, 15) is 0 Å². The van der Waals surface area contributed by atoms with E-state index in [-0.39, 0.29) is 0 Å². The standard InChI is InChI=1S/C6H6O2/c1-3-7-5(1)6-2-4-8-6/h1-2H,3-4H2. The highest BCUT2D eigenvalue weighted by Crippen LogP contribution is 2.23. The van der Waals surface area contributed by atoms with Crippen LogP contribution < -0.4 is 0 Å². The summed E-state index contributed by atoms with van der Waals surface area (Å²) in [6, 6.07) is 0. The van der Waals surface area contributed by atoms with Crippen molar-refractivity contribution in [3.8, 4) is 0 Å². The lowest BCUT2D eigenvalue weighted by Gasteiger charge is -2.23. The molecule has 2 heterocycles. The van der Waals surface area contributed by atoms with Crippen LogP contribution in [0.5, 0.6) is 0 Å². The summed E-state index contributed by atoms with van der Waals surface area (Å²) in [6.45, 7) is 1.49. The SMILES string of the molecule is C1=C(C2=CCO2)OC1. The molecular formula is C6H6O2. The van der Waals surface area contributed by atoms with E-state index in [0.717, 1.165) is 24.7 Å². The van der Waals surface area contributed by atoms with Crippen LogP contribution in [0.1, 0.15) is 0 Å². The molecule has 2 rings (SSSR count). The van der Waals surface area contributed by atoms with Crippen LogP contribution >= 0.6 is 0 Å². The van der Waals surface area contributed by atoms with Gasteiger partial charge in [0.1, 0.15) is 13.2 Å². The van der Waals surface area contributed by atoms with Crippen LogP contribution in [0.25, 0.3) is 0 Å². The quantitative estimate of drug-likeness (QED) is 0.497. The number of ether oxygens (including phenoxy) is 2. The molecule has 0 aromatic heterocycles. The van der Waals surface area contributed by atoms with Gasteiger partial charge in [-0.3, -0.25) is 0 Å². The Balaban J connectivity index is 2.16. The Hall–Kier alpha value is -0.920. The zero-order valence-electron chi connectivity index (χ0n) is 4.39. The minimum absolute atomic E-state index is 0.746. The van der Waals surface area contributed by atoms with Gasteiger partial charge in [-0.05, 0) is 12.2 Å². The van der Waals surface area contributed by atoms with Gasteiger partial charge >= 0.3 is 0 Å². The minimum Gasteiger partial charge on any atom is -0.486 e. The summed E-state index contributed by atoms with van der Waals surface area (Å²) in [5, 5.41) is 0. The van der Waals surface area contributed by atoms with E-state index < -0.39 is 0 Å². The smallest absolute Gasteiger partial charge is 0.160 e. The molecule has 2 nitrogen and oxygen atoms in total. The van der Waals surface area contributed by atoms with Crippen LogP contribution in [0.15, 0.2) is 23.7 Å². The monoisotopic (exact) mass is 110 g/mol. The Labute approximate surface area is 47.4 Å². The first-order valence-corrected chi connectivity index (χ1v) is 2.63.